The van der Waals surface area contributed by atoms with Crippen LogP contribution in [-0.2, 0) is 4.79 Å². The zero-order chi connectivity index (χ0) is 13.5. The lowest BCUT2D eigenvalue weighted by Crippen LogP contribution is -2.24. The average molecular weight is 255 g/mol. The molecule has 0 radical (unpaired) electrons. The molecule has 100 valence electrons. The summed E-state index contributed by atoms with van der Waals surface area (Å²) < 4.78 is 18.7. The van der Waals surface area contributed by atoms with E-state index < -0.39 is 11.9 Å². The summed E-state index contributed by atoms with van der Waals surface area (Å²) in [5, 5.41) is 11.9. The molecule has 1 atom stereocenters. The fourth-order valence-corrected chi connectivity index (χ4v) is 1.48. The van der Waals surface area contributed by atoms with Gasteiger partial charge < -0.3 is 15.2 Å². The monoisotopic (exact) mass is 255 g/mol. The number of hydrogen-bond donors (Lipinski definition) is 2. The number of halogens is 1. The van der Waals surface area contributed by atoms with Crippen molar-refractivity contribution in [2.45, 2.75) is 26.4 Å². The molecule has 0 saturated heterocycles. The number of aliphatic hydroxyl groups excluding tert-OH is 1. The summed E-state index contributed by atoms with van der Waals surface area (Å²) in [4.78, 5) is 11.1. The van der Waals surface area contributed by atoms with E-state index in [1.165, 1.54) is 19.1 Å². The van der Waals surface area contributed by atoms with E-state index in [0.29, 0.717) is 12.3 Å². The van der Waals surface area contributed by atoms with Crippen molar-refractivity contribution in [1.29, 1.82) is 0 Å². The van der Waals surface area contributed by atoms with Gasteiger partial charge in [-0.3, -0.25) is 4.79 Å². The van der Waals surface area contributed by atoms with Crippen molar-refractivity contribution in [3.8, 4) is 5.75 Å². The van der Waals surface area contributed by atoms with Crippen LogP contribution in [0.3, 0.4) is 0 Å². The lowest BCUT2D eigenvalue weighted by molar-refractivity contribution is -0.121. The number of ether oxygens (including phenoxy) is 1. The Hall–Kier alpha value is -1.62. The third-order valence-electron chi connectivity index (χ3n) is 2.39. The molecule has 5 heteroatoms. The van der Waals surface area contributed by atoms with Crippen LogP contribution in [0.2, 0.25) is 0 Å². The minimum Gasteiger partial charge on any atom is -0.493 e. The summed E-state index contributed by atoms with van der Waals surface area (Å²) in [6, 6.07) is 4.25. The largest absolute Gasteiger partial charge is 0.493 e. The molecule has 0 unspecified atom stereocenters. The third-order valence-corrected chi connectivity index (χ3v) is 2.39. The normalized spacial score (nSPS) is 12.0. The highest BCUT2D eigenvalue weighted by molar-refractivity contribution is 5.75. The lowest BCUT2D eigenvalue weighted by atomic mass is 10.1. The number of hydrogen-bond acceptors (Lipinski definition) is 3. The molecule has 0 aromatic heterocycles. The first-order valence-corrected chi connectivity index (χ1v) is 5.91. The molecule has 0 aliphatic carbocycles. The Morgan fingerprint density at radius 3 is 2.83 bits per heavy atom. The molecule has 1 aromatic rings. The topological polar surface area (TPSA) is 58.6 Å². The molecular formula is C13H18FNO3. The van der Waals surface area contributed by atoms with Crippen molar-refractivity contribution in [1.82, 2.24) is 5.32 Å². The first-order chi connectivity index (χ1) is 8.54. The number of aliphatic hydroxyl groups is 1. The zero-order valence-corrected chi connectivity index (χ0v) is 10.6. The van der Waals surface area contributed by atoms with Crippen LogP contribution in [0.25, 0.3) is 0 Å². The Balaban J connectivity index is 2.49. The molecule has 0 fully saturated rings. The molecule has 2 N–H and O–H groups in total. The zero-order valence-electron chi connectivity index (χ0n) is 10.6. The molecule has 0 aliphatic rings. The summed E-state index contributed by atoms with van der Waals surface area (Å²) in [5.74, 6) is -0.264. The predicted octanol–water partition coefficient (Wildman–Crippen LogP) is 1.78. The van der Waals surface area contributed by atoms with Gasteiger partial charge in [-0.05, 0) is 26.0 Å². The van der Waals surface area contributed by atoms with Gasteiger partial charge in [0.2, 0.25) is 5.91 Å². The minimum atomic E-state index is -0.852. The standard InChI is InChI=1S/C13H18FNO3/c1-3-15-13(17)6-7-18-10-4-5-11(9(2)16)12(14)8-10/h4-5,8-9,16H,3,6-7H2,1-2H3,(H,15,17)/t9-/m0/s1. The minimum absolute atomic E-state index is 0.0985. The van der Waals surface area contributed by atoms with E-state index in [9.17, 15) is 14.3 Å². The maximum absolute atomic E-state index is 13.5. The van der Waals surface area contributed by atoms with Gasteiger partial charge in [-0.2, -0.15) is 0 Å². The molecule has 4 nitrogen and oxygen atoms in total. The fraction of sp³-hybridized carbons (Fsp3) is 0.462. The number of amides is 1. The molecular weight excluding hydrogens is 237 g/mol. The third kappa shape index (κ3) is 4.33. The summed E-state index contributed by atoms with van der Waals surface area (Å²) >= 11 is 0. The maximum Gasteiger partial charge on any atom is 0.223 e. The van der Waals surface area contributed by atoms with E-state index in [1.54, 1.807) is 6.07 Å². The van der Waals surface area contributed by atoms with Crippen LogP contribution in [0.4, 0.5) is 4.39 Å². The molecule has 1 amide bonds. The fourth-order valence-electron chi connectivity index (χ4n) is 1.48. The van der Waals surface area contributed by atoms with Crippen molar-refractivity contribution >= 4 is 5.91 Å². The van der Waals surface area contributed by atoms with Crippen molar-refractivity contribution in [2.24, 2.45) is 0 Å². The van der Waals surface area contributed by atoms with Crippen LogP contribution in [0.1, 0.15) is 31.9 Å². The van der Waals surface area contributed by atoms with Crippen molar-refractivity contribution in [3.05, 3.63) is 29.6 Å². The van der Waals surface area contributed by atoms with Crippen LogP contribution in [-0.4, -0.2) is 24.2 Å². The highest BCUT2D eigenvalue weighted by atomic mass is 19.1. The summed E-state index contributed by atoms with van der Waals surface area (Å²) in [5.41, 5.74) is 0.228. The van der Waals surface area contributed by atoms with Crippen molar-refractivity contribution in [2.75, 3.05) is 13.2 Å². The second-order valence-electron chi connectivity index (χ2n) is 3.91. The Kier molecular flexibility index (Phi) is 5.58. The van der Waals surface area contributed by atoms with Gasteiger partial charge in [0.15, 0.2) is 0 Å². The smallest absolute Gasteiger partial charge is 0.223 e. The Morgan fingerprint density at radius 1 is 1.56 bits per heavy atom. The highest BCUT2D eigenvalue weighted by Crippen LogP contribution is 2.21. The van der Waals surface area contributed by atoms with Gasteiger partial charge in [0.05, 0.1) is 19.1 Å². The van der Waals surface area contributed by atoms with Gasteiger partial charge in [0.25, 0.3) is 0 Å². The molecule has 18 heavy (non-hydrogen) atoms. The summed E-state index contributed by atoms with van der Waals surface area (Å²) in [6.07, 6.45) is -0.623. The van der Waals surface area contributed by atoms with E-state index in [4.69, 9.17) is 4.74 Å². The molecule has 1 aromatic carbocycles. The van der Waals surface area contributed by atoms with Crippen LogP contribution >= 0.6 is 0 Å². The number of benzene rings is 1. The SMILES string of the molecule is CCNC(=O)CCOc1ccc([C@H](C)O)c(F)c1. The number of rotatable bonds is 6. The van der Waals surface area contributed by atoms with Gasteiger partial charge in [-0.15, -0.1) is 0 Å². The van der Waals surface area contributed by atoms with E-state index in [-0.39, 0.29) is 24.5 Å². The molecule has 0 spiro atoms. The average Bonchev–Trinajstić information content (AvgIpc) is 2.29. The quantitative estimate of drug-likeness (QED) is 0.814. The van der Waals surface area contributed by atoms with Crippen LogP contribution in [0, 0.1) is 5.82 Å². The molecule has 0 aliphatic heterocycles. The van der Waals surface area contributed by atoms with E-state index >= 15 is 0 Å². The highest BCUT2D eigenvalue weighted by Gasteiger charge is 2.09. The Bertz CT molecular complexity index is 407. The first-order valence-electron chi connectivity index (χ1n) is 5.91. The van der Waals surface area contributed by atoms with Gasteiger partial charge >= 0.3 is 0 Å². The Labute approximate surface area is 106 Å². The predicted molar refractivity (Wildman–Crippen MR) is 65.8 cm³/mol. The summed E-state index contributed by atoms with van der Waals surface area (Å²) in [6.45, 7) is 4.10. The van der Waals surface area contributed by atoms with Gasteiger partial charge in [-0.25, -0.2) is 4.39 Å². The van der Waals surface area contributed by atoms with Gasteiger partial charge in [0.1, 0.15) is 11.6 Å². The van der Waals surface area contributed by atoms with Crippen LogP contribution < -0.4 is 10.1 Å². The van der Waals surface area contributed by atoms with E-state index in [2.05, 4.69) is 5.32 Å². The van der Waals surface area contributed by atoms with E-state index in [1.807, 2.05) is 6.92 Å². The van der Waals surface area contributed by atoms with Gasteiger partial charge in [0, 0.05) is 18.2 Å². The molecule has 1 rings (SSSR count). The first kappa shape index (κ1) is 14.4. The van der Waals surface area contributed by atoms with Crippen LogP contribution in [0.5, 0.6) is 5.75 Å². The van der Waals surface area contributed by atoms with Crippen molar-refractivity contribution in [3.63, 3.8) is 0 Å². The molecule has 0 saturated carbocycles. The number of carbonyl (C=O) groups excluding carboxylic acids is 1. The second kappa shape index (κ2) is 6.96. The van der Waals surface area contributed by atoms with Gasteiger partial charge in [-0.1, -0.05) is 0 Å². The maximum atomic E-state index is 13.5. The lowest BCUT2D eigenvalue weighted by Gasteiger charge is -2.09. The number of nitrogens with one attached hydrogen (secondary N) is 1. The molecule has 0 bridgehead atoms. The number of carbonyl (C=O) groups is 1. The van der Waals surface area contributed by atoms with Crippen LogP contribution in [0.15, 0.2) is 18.2 Å². The second-order valence-corrected chi connectivity index (χ2v) is 3.91. The van der Waals surface area contributed by atoms with E-state index in [0.717, 1.165) is 0 Å². The molecule has 0 heterocycles. The summed E-state index contributed by atoms with van der Waals surface area (Å²) in [7, 11) is 0. The van der Waals surface area contributed by atoms with Crippen molar-refractivity contribution < 1.29 is 19.0 Å². The Morgan fingerprint density at radius 2 is 2.28 bits per heavy atom.